The van der Waals surface area contributed by atoms with Gasteiger partial charge >= 0.3 is 5.97 Å². The molecule has 23 heavy (non-hydrogen) atoms. The highest BCUT2D eigenvalue weighted by Gasteiger charge is 2.10. The highest BCUT2D eigenvalue weighted by molar-refractivity contribution is 7.80. The number of aryl methyl sites for hydroxylation is 1. The topological polar surface area (TPSA) is 61.4 Å². The van der Waals surface area contributed by atoms with Gasteiger partial charge in [-0.15, -0.1) is 0 Å². The number of rotatable bonds is 6. The highest BCUT2D eigenvalue weighted by Crippen LogP contribution is 2.18. The first-order chi connectivity index (χ1) is 11.1. The molecule has 2 rings (SSSR count). The summed E-state index contributed by atoms with van der Waals surface area (Å²) in [5.41, 5.74) is 2.97. The van der Waals surface area contributed by atoms with Gasteiger partial charge in [-0.2, -0.15) is 0 Å². The van der Waals surface area contributed by atoms with E-state index < -0.39 is 5.97 Å². The maximum Gasteiger partial charge on any atom is 0.336 e. The largest absolute Gasteiger partial charge is 0.478 e. The third kappa shape index (κ3) is 5.07. The van der Waals surface area contributed by atoms with Gasteiger partial charge in [0.2, 0.25) is 0 Å². The van der Waals surface area contributed by atoms with Crippen molar-refractivity contribution in [2.24, 2.45) is 0 Å². The van der Waals surface area contributed by atoms with E-state index in [2.05, 4.69) is 22.8 Å². The zero-order valence-corrected chi connectivity index (χ0v) is 13.8. The van der Waals surface area contributed by atoms with Gasteiger partial charge in [0.25, 0.3) is 0 Å². The summed E-state index contributed by atoms with van der Waals surface area (Å²) in [7, 11) is 0. The SMILES string of the molecule is Cc1c(NC(=S)NCCCc2ccccc2)cccc1C(=O)O. The van der Waals surface area contributed by atoms with Crippen LogP contribution in [0.5, 0.6) is 0 Å². The Hall–Kier alpha value is -2.40. The van der Waals surface area contributed by atoms with Gasteiger partial charge < -0.3 is 15.7 Å². The fourth-order valence-corrected chi connectivity index (χ4v) is 2.52. The van der Waals surface area contributed by atoms with Crippen LogP contribution in [0.3, 0.4) is 0 Å². The Bertz CT molecular complexity index is 687. The molecule has 0 unspecified atom stereocenters. The summed E-state index contributed by atoms with van der Waals surface area (Å²) in [6, 6.07) is 15.4. The van der Waals surface area contributed by atoms with Crippen molar-refractivity contribution in [3.63, 3.8) is 0 Å². The van der Waals surface area contributed by atoms with Crippen molar-refractivity contribution < 1.29 is 9.90 Å². The molecular formula is C18H20N2O2S. The Morgan fingerprint density at radius 1 is 1.13 bits per heavy atom. The van der Waals surface area contributed by atoms with Gasteiger partial charge in [0, 0.05) is 12.2 Å². The quantitative estimate of drug-likeness (QED) is 0.558. The number of anilines is 1. The molecule has 0 amide bonds. The molecule has 5 heteroatoms. The van der Waals surface area contributed by atoms with E-state index in [0.29, 0.717) is 16.4 Å². The van der Waals surface area contributed by atoms with E-state index in [1.54, 1.807) is 19.1 Å². The predicted octanol–water partition coefficient (Wildman–Crippen LogP) is 3.61. The van der Waals surface area contributed by atoms with Crippen LogP contribution in [0.2, 0.25) is 0 Å². The lowest BCUT2D eigenvalue weighted by molar-refractivity contribution is 0.0696. The zero-order chi connectivity index (χ0) is 16.7. The summed E-state index contributed by atoms with van der Waals surface area (Å²) in [6.45, 7) is 2.53. The van der Waals surface area contributed by atoms with Crippen molar-refractivity contribution in [2.45, 2.75) is 19.8 Å². The lowest BCUT2D eigenvalue weighted by atomic mass is 10.1. The highest BCUT2D eigenvalue weighted by atomic mass is 32.1. The minimum atomic E-state index is -0.937. The van der Waals surface area contributed by atoms with Crippen molar-refractivity contribution in [3.8, 4) is 0 Å². The lowest BCUT2D eigenvalue weighted by Crippen LogP contribution is -2.29. The molecule has 0 atom stereocenters. The van der Waals surface area contributed by atoms with Crippen molar-refractivity contribution >= 4 is 29.0 Å². The molecular weight excluding hydrogens is 308 g/mol. The Morgan fingerprint density at radius 3 is 2.57 bits per heavy atom. The minimum Gasteiger partial charge on any atom is -0.478 e. The predicted molar refractivity (Wildman–Crippen MR) is 97.1 cm³/mol. The molecule has 0 aliphatic rings. The van der Waals surface area contributed by atoms with Crippen molar-refractivity contribution in [3.05, 3.63) is 65.2 Å². The summed E-state index contributed by atoms with van der Waals surface area (Å²) in [5, 5.41) is 15.8. The summed E-state index contributed by atoms with van der Waals surface area (Å²) < 4.78 is 0. The van der Waals surface area contributed by atoms with Crippen LogP contribution in [0.15, 0.2) is 48.5 Å². The average Bonchev–Trinajstić information content (AvgIpc) is 2.54. The Kier molecular flexibility index (Phi) is 6.11. The number of carboxylic acids is 1. The van der Waals surface area contributed by atoms with Gasteiger partial charge in [-0.25, -0.2) is 4.79 Å². The normalized spacial score (nSPS) is 10.1. The Morgan fingerprint density at radius 2 is 1.87 bits per heavy atom. The van der Waals surface area contributed by atoms with Crippen molar-refractivity contribution in [1.82, 2.24) is 5.32 Å². The molecule has 120 valence electrons. The van der Waals surface area contributed by atoms with Crippen molar-refractivity contribution in [1.29, 1.82) is 0 Å². The summed E-state index contributed by atoms with van der Waals surface area (Å²) in [4.78, 5) is 11.1. The maximum absolute atomic E-state index is 11.1. The van der Waals surface area contributed by atoms with E-state index in [9.17, 15) is 4.79 Å². The van der Waals surface area contributed by atoms with E-state index in [1.165, 1.54) is 5.56 Å². The number of nitrogens with one attached hydrogen (secondary N) is 2. The third-order valence-corrected chi connectivity index (χ3v) is 3.83. The van der Waals surface area contributed by atoms with Gasteiger partial charge in [-0.1, -0.05) is 36.4 Å². The van der Waals surface area contributed by atoms with E-state index in [0.717, 1.165) is 19.4 Å². The minimum absolute atomic E-state index is 0.280. The molecule has 4 nitrogen and oxygen atoms in total. The molecule has 2 aromatic carbocycles. The number of carbonyl (C=O) groups is 1. The zero-order valence-electron chi connectivity index (χ0n) is 13.0. The van der Waals surface area contributed by atoms with Crippen LogP contribution in [-0.4, -0.2) is 22.7 Å². The summed E-state index contributed by atoms with van der Waals surface area (Å²) in [6.07, 6.45) is 1.96. The standard InChI is InChI=1S/C18H20N2O2S/c1-13-15(17(21)22)10-5-11-16(13)20-18(23)19-12-6-9-14-7-3-2-4-8-14/h2-5,7-8,10-11H,6,9,12H2,1H3,(H,21,22)(H2,19,20,23). The Labute approximate surface area is 141 Å². The lowest BCUT2D eigenvalue weighted by Gasteiger charge is -2.13. The molecule has 0 aromatic heterocycles. The number of aromatic carboxylic acids is 1. The molecule has 0 radical (unpaired) electrons. The first-order valence-corrected chi connectivity index (χ1v) is 7.90. The molecule has 0 aliphatic heterocycles. The monoisotopic (exact) mass is 328 g/mol. The summed E-state index contributed by atoms with van der Waals surface area (Å²) >= 11 is 5.27. The van der Waals surface area contributed by atoms with Gasteiger partial charge in [0.1, 0.15) is 0 Å². The second kappa shape index (κ2) is 8.29. The second-order valence-corrected chi connectivity index (χ2v) is 5.66. The number of benzene rings is 2. The van der Waals surface area contributed by atoms with Gasteiger partial charge in [0.05, 0.1) is 5.56 Å². The smallest absolute Gasteiger partial charge is 0.336 e. The molecule has 0 bridgehead atoms. The van der Waals surface area contributed by atoms with Crippen LogP contribution < -0.4 is 10.6 Å². The van der Waals surface area contributed by atoms with Crippen molar-refractivity contribution in [2.75, 3.05) is 11.9 Å². The summed E-state index contributed by atoms with van der Waals surface area (Å²) in [5.74, 6) is -0.937. The molecule has 0 spiro atoms. The first-order valence-electron chi connectivity index (χ1n) is 7.49. The number of thiocarbonyl (C=S) groups is 1. The molecule has 0 aliphatic carbocycles. The van der Waals surface area contributed by atoms with Crippen LogP contribution in [0, 0.1) is 6.92 Å². The maximum atomic E-state index is 11.1. The molecule has 0 heterocycles. The van der Waals surface area contributed by atoms with Gasteiger partial charge in [-0.05, 0) is 55.2 Å². The Balaban J connectivity index is 1.81. The van der Waals surface area contributed by atoms with Crippen LogP contribution in [0.1, 0.15) is 27.9 Å². The van der Waals surface area contributed by atoms with Gasteiger partial charge in [-0.3, -0.25) is 0 Å². The second-order valence-electron chi connectivity index (χ2n) is 5.25. The molecule has 3 N–H and O–H groups in total. The molecule has 0 saturated carbocycles. The van der Waals surface area contributed by atoms with E-state index in [4.69, 9.17) is 17.3 Å². The third-order valence-electron chi connectivity index (χ3n) is 3.58. The fourth-order valence-electron chi connectivity index (χ4n) is 2.31. The van der Waals surface area contributed by atoms with E-state index in [-0.39, 0.29) is 5.56 Å². The van der Waals surface area contributed by atoms with Crippen LogP contribution in [0.4, 0.5) is 5.69 Å². The van der Waals surface area contributed by atoms with E-state index in [1.807, 2.05) is 24.3 Å². The van der Waals surface area contributed by atoms with Crippen LogP contribution in [-0.2, 0) is 6.42 Å². The number of hydrogen-bond acceptors (Lipinski definition) is 2. The van der Waals surface area contributed by atoms with Crippen LogP contribution in [0.25, 0.3) is 0 Å². The number of hydrogen-bond donors (Lipinski definition) is 3. The van der Waals surface area contributed by atoms with Crippen LogP contribution >= 0.6 is 12.2 Å². The van der Waals surface area contributed by atoms with E-state index >= 15 is 0 Å². The fraction of sp³-hybridized carbons (Fsp3) is 0.222. The first kappa shape index (κ1) is 17.0. The van der Waals surface area contributed by atoms with Gasteiger partial charge in [0.15, 0.2) is 5.11 Å². The molecule has 2 aromatic rings. The molecule has 0 fully saturated rings. The number of carboxylic acid groups (broad SMARTS) is 1. The molecule has 0 saturated heterocycles. The average molecular weight is 328 g/mol.